The van der Waals surface area contributed by atoms with Gasteiger partial charge in [-0.1, -0.05) is 15.9 Å². The Labute approximate surface area is 126 Å². The molecular formula is C13H9Br2NO3. The SMILES string of the molecule is O=C(Nc1ccc(Br)cc1Br)c1cc(O)ccc1O. The third-order valence-corrected chi connectivity index (χ3v) is 3.55. The number of halogens is 2. The van der Waals surface area contributed by atoms with Gasteiger partial charge in [0, 0.05) is 8.95 Å². The van der Waals surface area contributed by atoms with Crippen LogP contribution in [0.15, 0.2) is 45.3 Å². The fourth-order valence-electron chi connectivity index (χ4n) is 1.49. The third kappa shape index (κ3) is 3.27. The van der Waals surface area contributed by atoms with Crippen molar-refractivity contribution in [2.75, 3.05) is 5.32 Å². The monoisotopic (exact) mass is 385 g/mol. The van der Waals surface area contributed by atoms with Crippen molar-refractivity contribution in [1.29, 1.82) is 0 Å². The van der Waals surface area contributed by atoms with Gasteiger partial charge in [-0.3, -0.25) is 4.79 Å². The predicted octanol–water partition coefficient (Wildman–Crippen LogP) is 3.88. The number of rotatable bonds is 2. The van der Waals surface area contributed by atoms with Crippen LogP contribution in [0.3, 0.4) is 0 Å². The minimum absolute atomic E-state index is 0.00909. The number of hydrogen-bond donors (Lipinski definition) is 3. The summed E-state index contributed by atoms with van der Waals surface area (Å²) in [5, 5.41) is 21.6. The van der Waals surface area contributed by atoms with Crippen molar-refractivity contribution in [3.05, 3.63) is 50.9 Å². The van der Waals surface area contributed by atoms with Crippen LogP contribution in [0.4, 0.5) is 5.69 Å². The molecular weight excluding hydrogens is 378 g/mol. The fourth-order valence-corrected chi connectivity index (χ4v) is 2.63. The average molecular weight is 387 g/mol. The van der Waals surface area contributed by atoms with E-state index in [0.29, 0.717) is 10.2 Å². The molecule has 1 amide bonds. The first kappa shape index (κ1) is 13.9. The van der Waals surface area contributed by atoms with Crippen molar-refractivity contribution in [3.8, 4) is 11.5 Å². The number of carbonyl (C=O) groups excluding carboxylic acids is 1. The van der Waals surface area contributed by atoms with Crippen LogP contribution in [0.2, 0.25) is 0 Å². The van der Waals surface area contributed by atoms with Crippen LogP contribution in [0.5, 0.6) is 11.5 Å². The maximum absolute atomic E-state index is 12.0. The molecule has 0 aromatic heterocycles. The molecule has 2 rings (SSSR count). The molecule has 0 aliphatic rings. The number of phenolic OH excluding ortho intramolecular Hbond substituents is 2. The molecule has 98 valence electrons. The van der Waals surface area contributed by atoms with Gasteiger partial charge in [-0.25, -0.2) is 0 Å². The van der Waals surface area contributed by atoms with Crippen molar-refractivity contribution in [2.24, 2.45) is 0 Å². The van der Waals surface area contributed by atoms with E-state index < -0.39 is 5.91 Å². The minimum atomic E-state index is -0.503. The van der Waals surface area contributed by atoms with E-state index >= 15 is 0 Å². The minimum Gasteiger partial charge on any atom is -0.508 e. The largest absolute Gasteiger partial charge is 0.508 e. The number of amides is 1. The van der Waals surface area contributed by atoms with E-state index in [-0.39, 0.29) is 17.1 Å². The van der Waals surface area contributed by atoms with Crippen molar-refractivity contribution in [3.63, 3.8) is 0 Å². The summed E-state index contributed by atoms with van der Waals surface area (Å²) in [6, 6.07) is 9.06. The molecule has 0 spiro atoms. The molecule has 0 heterocycles. The molecule has 0 radical (unpaired) electrons. The first-order valence-corrected chi connectivity index (χ1v) is 6.84. The van der Waals surface area contributed by atoms with Gasteiger partial charge in [0.25, 0.3) is 5.91 Å². The lowest BCUT2D eigenvalue weighted by Crippen LogP contribution is -2.12. The smallest absolute Gasteiger partial charge is 0.259 e. The van der Waals surface area contributed by atoms with Gasteiger partial charge in [0.1, 0.15) is 11.5 Å². The second-order valence-electron chi connectivity index (χ2n) is 3.78. The summed E-state index contributed by atoms with van der Waals surface area (Å²) >= 11 is 6.64. The number of aromatic hydroxyl groups is 2. The summed E-state index contributed by atoms with van der Waals surface area (Å²) in [4.78, 5) is 12.0. The Morgan fingerprint density at radius 1 is 1.05 bits per heavy atom. The van der Waals surface area contributed by atoms with Gasteiger partial charge in [-0.2, -0.15) is 0 Å². The quantitative estimate of drug-likeness (QED) is 0.686. The normalized spacial score (nSPS) is 10.2. The molecule has 4 nitrogen and oxygen atoms in total. The Balaban J connectivity index is 2.28. The lowest BCUT2D eigenvalue weighted by Gasteiger charge is -2.09. The zero-order valence-electron chi connectivity index (χ0n) is 9.52. The molecule has 2 aromatic carbocycles. The summed E-state index contributed by atoms with van der Waals surface area (Å²) < 4.78 is 1.58. The van der Waals surface area contributed by atoms with Crippen molar-refractivity contribution >= 4 is 43.5 Å². The average Bonchev–Trinajstić information content (AvgIpc) is 2.35. The Bertz CT molecular complexity index is 644. The number of hydrogen-bond acceptors (Lipinski definition) is 3. The van der Waals surface area contributed by atoms with E-state index in [9.17, 15) is 15.0 Å². The van der Waals surface area contributed by atoms with Gasteiger partial charge in [0.05, 0.1) is 11.3 Å². The van der Waals surface area contributed by atoms with Crippen LogP contribution < -0.4 is 5.32 Å². The van der Waals surface area contributed by atoms with Gasteiger partial charge in [-0.05, 0) is 52.3 Å². The van der Waals surface area contributed by atoms with Gasteiger partial charge >= 0.3 is 0 Å². The molecule has 3 N–H and O–H groups in total. The van der Waals surface area contributed by atoms with Crippen LogP contribution in [-0.4, -0.2) is 16.1 Å². The Kier molecular flexibility index (Phi) is 4.11. The lowest BCUT2D eigenvalue weighted by molar-refractivity contribution is 0.102. The fraction of sp³-hybridized carbons (Fsp3) is 0. The predicted molar refractivity (Wildman–Crippen MR) is 79.6 cm³/mol. The van der Waals surface area contributed by atoms with Gasteiger partial charge in [0.2, 0.25) is 0 Å². The number of anilines is 1. The number of phenols is 2. The molecule has 0 fully saturated rings. The molecule has 0 bridgehead atoms. The summed E-state index contributed by atoms with van der Waals surface area (Å²) in [7, 11) is 0. The van der Waals surface area contributed by atoms with Gasteiger partial charge in [-0.15, -0.1) is 0 Å². The molecule has 2 aromatic rings. The van der Waals surface area contributed by atoms with Gasteiger partial charge in [0.15, 0.2) is 0 Å². The summed E-state index contributed by atoms with van der Waals surface area (Å²) in [5.41, 5.74) is 0.575. The maximum Gasteiger partial charge on any atom is 0.259 e. The maximum atomic E-state index is 12.0. The van der Waals surface area contributed by atoms with E-state index in [1.807, 2.05) is 0 Å². The first-order valence-electron chi connectivity index (χ1n) is 5.26. The summed E-state index contributed by atoms with van der Waals surface area (Å²) in [6.07, 6.45) is 0. The Morgan fingerprint density at radius 2 is 1.79 bits per heavy atom. The van der Waals surface area contributed by atoms with Crippen molar-refractivity contribution in [1.82, 2.24) is 0 Å². The third-order valence-electron chi connectivity index (χ3n) is 2.40. The highest BCUT2D eigenvalue weighted by atomic mass is 79.9. The number of nitrogens with one attached hydrogen (secondary N) is 1. The summed E-state index contributed by atoms with van der Waals surface area (Å²) in [6.45, 7) is 0. The highest BCUT2D eigenvalue weighted by molar-refractivity contribution is 9.11. The summed E-state index contributed by atoms with van der Waals surface area (Å²) in [5.74, 6) is -0.780. The van der Waals surface area contributed by atoms with E-state index in [0.717, 1.165) is 4.47 Å². The second kappa shape index (κ2) is 5.63. The van der Waals surface area contributed by atoms with Gasteiger partial charge < -0.3 is 15.5 Å². The molecule has 6 heteroatoms. The molecule has 0 saturated carbocycles. The van der Waals surface area contributed by atoms with E-state index in [2.05, 4.69) is 37.2 Å². The Morgan fingerprint density at radius 3 is 2.47 bits per heavy atom. The molecule has 0 atom stereocenters. The van der Waals surface area contributed by atoms with E-state index in [1.165, 1.54) is 18.2 Å². The highest BCUT2D eigenvalue weighted by Crippen LogP contribution is 2.28. The van der Waals surface area contributed by atoms with Crippen molar-refractivity contribution < 1.29 is 15.0 Å². The highest BCUT2D eigenvalue weighted by Gasteiger charge is 2.13. The zero-order valence-corrected chi connectivity index (χ0v) is 12.7. The molecule has 0 unspecified atom stereocenters. The number of benzene rings is 2. The first-order chi connectivity index (χ1) is 8.97. The topological polar surface area (TPSA) is 69.6 Å². The van der Waals surface area contributed by atoms with Crippen molar-refractivity contribution in [2.45, 2.75) is 0 Å². The molecule has 19 heavy (non-hydrogen) atoms. The second-order valence-corrected chi connectivity index (χ2v) is 5.55. The zero-order chi connectivity index (χ0) is 14.0. The van der Waals surface area contributed by atoms with E-state index in [1.54, 1.807) is 18.2 Å². The van der Waals surface area contributed by atoms with Crippen LogP contribution >= 0.6 is 31.9 Å². The van der Waals surface area contributed by atoms with Crippen LogP contribution in [0.25, 0.3) is 0 Å². The Hall–Kier alpha value is -1.53. The molecule has 0 aliphatic heterocycles. The molecule has 0 saturated heterocycles. The van der Waals surface area contributed by atoms with E-state index in [4.69, 9.17) is 0 Å². The molecule has 0 aliphatic carbocycles. The van der Waals surface area contributed by atoms with Crippen LogP contribution in [-0.2, 0) is 0 Å². The van der Waals surface area contributed by atoms with Crippen LogP contribution in [0, 0.1) is 0 Å². The van der Waals surface area contributed by atoms with Crippen LogP contribution in [0.1, 0.15) is 10.4 Å². The number of carbonyl (C=O) groups is 1. The lowest BCUT2D eigenvalue weighted by atomic mass is 10.1. The standard InChI is InChI=1S/C13H9Br2NO3/c14-7-1-3-11(10(15)5-7)16-13(19)9-6-8(17)2-4-12(9)18/h1-6,17-18H,(H,16,19).